The molecule has 0 aliphatic rings. The number of aromatic nitrogens is 1. The number of hydrogen-bond acceptors (Lipinski definition) is 3. The van der Waals surface area contributed by atoms with E-state index in [1.807, 2.05) is 49.6 Å². The van der Waals surface area contributed by atoms with E-state index in [0.717, 1.165) is 17.0 Å². The van der Waals surface area contributed by atoms with Crippen LogP contribution < -0.4 is 5.32 Å². The molecule has 0 atom stereocenters. The highest BCUT2D eigenvalue weighted by molar-refractivity contribution is 6.09. The van der Waals surface area contributed by atoms with Crippen molar-refractivity contribution in [2.24, 2.45) is 0 Å². The number of amides is 1. The molecule has 1 amide bonds. The zero-order chi connectivity index (χ0) is 21.8. The van der Waals surface area contributed by atoms with E-state index in [2.05, 4.69) is 5.32 Å². The minimum absolute atomic E-state index is 0.0395. The highest BCUT2D eigenvalue weighted by Crippen LogP contribution is 2.25. The maximum absolute atomic E-state index is 12.6. The van der Waals surface area contributed by atoms with E-state index in [9.17, 15) is 20.0 Å². The number of nitrogens with one attached hydrogen (secondary N) is 1. The van der Waals surface area contributed by atoms with Crippen molar-refractivity contribution in [1.29, 1.82) is 5.26 Å². The molecule has 0 fully saturated rings. The fraction of sp³-hybridized carbons (Fsp3) is 0.125. The Kier molecular flexibility index (Phi) is 5.84. The van der Waals surface area contributed by atoms with Gasteiger partial charge in [0.2, 0.25) is 0 Å². The number of aryl methyl sites for hydroxylation is 2. The Hall–Kier alpha value is -4.11. The van der Waals surface area contributed by atoms with Crippen molar-refractivity contribution < 1.29 is 14.7 Å². The fourth-order valence-electron chi connectivity index (χ4n) is 3.29. The normalized spacial score (nSPS) is 11.1. The summed E-state index contributed by atoms with van der Waals surface area (Å²) in [7, 11) is 0. The molecule has 0 unspecified atom stereocenters. The van der Waals surface area contributed by atoms with Crippen LogP contribution in [0.1, 0.15) is 32.9 Å². The summed E-state index contributed by atoms with van der Waals surface area (Å²) < 4.78 is 1.81. The van der Waals surface area contributed by atoms with Gasteiger partial charge in [0.15, 0.2) is 0 Å². The number of nitriles is 1. The zero-order valence-electron chi connectivity index (χ0n) is 16.9. The van der Waals surface area contributed by atoms with Gasteiger partial charge in [-0.05, 0) is 62.7 Å². The van der Waals surface area contributed by atoms with E-state index in [1.165, 1.54) is 6.08 Å². The lowest BCUT2D eigenvalue weighted by Gasteiger charge is -2.12. The Morgan fingerprint density at radius 1 is 1.07 bits per heavy atom. The van der Waals surface area contributed by atoms with E-state index >= 15 is 0 Å². The van der Waals surface area contributed by atoms with Crippen LogP contribution in [0.4, 0.5) is 5.69 Å². The lowest BCUT2D eigenvalue weighted by molar-refractivity contribution is -0.112. The lowest BCUT2D eigenvalue weighted by Crippen LogP contribution is -2.13. The average Bonchev–Trinajstić information content (AvgIpc) is 3.00. The van der Waals surface area contributed by atoms with Gasteiger partial charge in [-0.25, -0.2) is 4.79 Å². The first kappa shape index (κ1) is 20.6. The van der Waals surface area contributed by atoms with Crippen LogP contribution in [0.25, 0.3) is 11.8 Å². The fourth-order valence-corrected chi connectivity index (χ4v) is 3.29. The molecule has 1 heterocycles. The summed E-state index contributed by atoms with van der Waals surface area (Å²) in [4.78, 5) is 24.2. The predicted octanol–water partition coefficient (Wildman–Crippen LogP) is 4.65. The Labute approximate surface area is 174 Å². The first-order valence-corrected chi connectivity index (χ1v) is 9.33. The predicted molar refractivity (Wildman–Crippen MR) is 116 cm³/mol. The van der Waals surface area contributed by atoms with Crippen molar-refractivity contribution >= 4 is 23.6 Å². The molecule has 3 rings (SSSR count). The minimum Gasteiger partial charge on any atom is -0.478 e. The molecule has 0 saturated heterocycles. The van der Waals surface area contributed by atoms with Crippen LogP contribution in [0.15, 0.2) is 60.2 Å². The summed E-state index contributed by atoms with van der Waals surface area (Å²) in [5.41, 5.74) is 4.53. The van der Waals surface area contributed by atoms with Gasteiger partial charge >= 0.3 is 5.97 Å². The van der Waals surface area contributed by atoms with E-state index in [4.69, 9.17) is 0 Å². The summed E-state index contributed by atoms with van der Waals surface area (Å²) in [6.07, 6.45) is 1.52. The number of carboxylic acid groups (broad SMARTS) is 1. The van der Waals surface area contributed by atoms with Crippen molar-refractivity contribution in [2.45, 2.75) is 20.8 Å². The van der Waals surface area contributed by atoms with Crippen LogP contribution in [-0.4, -0.2) is 21.6 Å². The molecule has 0 aliphatic carbocycles. The Morgan fingerprint density at radius 2 is 1.73 bits per heavy atom. The van der Waals surface area contributed by atoms with Gasteiger partial charge < -0.3 is 15.0 Å². The molecular formula is C24H21N3O3. The van der Waals surface area contributed by atoms with Crippen molar-refractivity contribution in [3.63, 3.8) is 0 Å². The molecule has 150 valence electrons. The maximum Gasteiger partial charge on any atom is 0.337 e. The van der Waals surface area contributed by atoms with E-state index in [0.29, 0.717) is 16.9 Å². The second-order valence-electron chi connectivity index (χ2n) is 6.97. The highest BCUT2D eigenvalue weighted by atomic mass is 16.4. The van der Waals surface area contributed by atoms with Crippen molar-refractivity contribution in [2.75, 3.05) is 5.32 Å². The molecule has 0 spiro atoms. The Bertz CT molecular complexity index is 1200. The number of carbonyl (C=O) groups is 2. The van der Waals surface area contributed by atoms with Gasteiger partial charge in [-0.1, -0.05) is 29.8 Å². The van der Waals surface area contributed by atoms with Crippen LogP contribution in [-0.2, 0) is 4.79 Å². The molecule has 0 aliphatic heterocycles. The molecule has 0 bridgehead atoms. The Balaban J connectivity index is 1.98. The first-order valence-electron chi connectivity index (χ1n) is 9.33. The molecule has 30 heavy (non-hydrogen) atoms. The third-order valence-corrected chi connectivity index (χ3v) is 4.82. The number of carbonyl (C=O) groups excluding carboxylic acids is 1. The number of benzene rings is 2. The number of rotatable bonds is 5. The summed E-state index contributed by atoms with van der Waals surface area (Å²) in [5, 5.41) is 21.7. The lowest BCUT2D eigenvalue weighted by atomic mass is 10.1. The smallest absolute Gasteiger partial charge is 0.337 e. The van der Waals surface area contributed by atoms with E-state index in [1.54, 1.807) is 36.4 Å². The van der Waals surface area contributed by atoms with Crippen LogP contribution in [0.5, 0.6) is 0 Å². The average molecular weight is 399 g/mol. The topological polar surface area (TPSA) is 95.1 Å². The van der Waals surface area contributed by atoms with E-state index in [-0.39, 0.29) is 11.1 Å². The molecule has 2 N–H and O–H groups in total. The number of aromatic carboxylic acids is 1. The van der Waals surface area contributed by atoms with Gasteiger partial charge in [0, 0.05) is 17.1 Å². The second-order valence-corrected chi connectivity index (χ2v) is 6.97. The molecule has 0 radical (unpaired) electrons. The number of hydrogen-bond donors (Lipinski definition) is 2. The van der Waals surface area contributed by atoms with Crippen LogP contribution in [0, 0.1) is 32.1 Å². The third kappa shape index (κ3) is 4.15. The first-order chi connectivity index (χ1) is 14.3. The van der Waals surface area contributed by atoms with Crippen LogP contribution >= 0.6 is 0 Å². The largest absolute Gasteiger partial charge is 0.478 e. The number of anilines is 1. The summed E-state index contributed by atoms with van der Waals surface area (Å²) in [5.74, 6) is -1.53. The quantitative estimate of drug-likeness (QED) is 0.482. The van der Waals surface area contributed by atoms with Crippen molar-refractivity contribution in [3.8, 4) is 11.8 Å². The molecule has 6 nitrogen and oxygen atoms in total. The summed E-state index contributed by atoms with van der Waals surface area (Å²) in [6.45, 7) is 5.62. The summed E-state index contributed by atoms with van der Waals surface area (Å²) >= 11 is 0. The second kappa shape index (κ2) is 8.50. The number of nitrogens with zero attached hydrogens (tertiary/aromatic N) is 2. The van der Waals surface area contributed by atoms with Gasteiger partial charge in [0.25, 0.3) is 5.91 Å². The van der Waals surface area contributed by atoms with Gasteiger partial charge in [0.1, 0.15) is 11.6 Å². The number of para-hydroxylation sites is 1. The molecule has 2 aromatic carbocycles. The van der Waals surface area contributed by atoms with Gasteiger partial charge in [-0.15, -0.1) is 0 Å². The SMILES string of the molecule is Cc1ccc(NC(=O)/C(C#N)=C\c2cc(C)n(-c3ccccc3C(=O)O)c2C)cc1. The zero-order valence-corrected chi connectivity index (χ0v) is 16.9. The third-order valence-electron chi connectivity index (χ3n) is 4.82. The van der Waals surface area contributed by atoms with Gasteiger partial charge in [-0.3, -0.25) is 4.79 Å². The standard InChI is InChI=1S/C24H21N3O3/c1-15-8-10-20(11-9-15)26-23(28)19(14-25)13-18-12-16(2)27(17(18)3)22-7-5-4-6-21(22)24(29)30/h4-13H,1-3H3,(H,26,28)(H,29,30)/b19-13-. The Morgan fingerprint density at radius 3 is 2.37 bits per heavy atom. The molecule has 6 heteroatoms. The molecule has 1 aromatic heterocycles. The van der Waals surface area contributed by atoms with Crippen molar-refractivity contribution in [3.05, 3.63) is 88.2 Å². The van der Waals surface area contributed by atoms with Crippen LogP contribution in [0.2, 0.25) is 0 Å². The van der Waals surface area contributed by atoms with Crippen LogP contribution in [0.3, 0.4) is 0 Å². The van der Waals surface area contributed by atoms with E-state index < -0.39 is 11.9 Å². The highest BCUT2D eigenvalue weighted by Gasteiger charge is 2.17. The monoisotopic (exact) mass is 399 g/mol. The van der Waals surface area contributed by atoms with Gasteiger partial charge in [0.05, 0.1) is 11.3 Å². The maximum atomic E-state index is 12.6. The van der Waals surface area contributed by atoms with Crippen molar-refractivity contribution in [1.82, 2.24) is 4.57 Å². The molecule has 3 aromatic rings. The summed E-state index contributed by atoms with van der Waals surface area (Å²) in [6, 6.07) is 17.8. The van der Waals surface area contributed by atoms with Gasteiger partial charge in [-0.2, -0.15) is 5.26 Å². The molecular weight excluding hydrogens is 378 g/mol. The minimum atomic E-state index is -1.02. The number of carboxylic acids is 1. The molecule has 0 saturated carbocycles.